The molecule has 0 saturated carbocycles. The molecule has 0 aromatic heterocycles. The maximum atomic E-state index is 14.0. The number of halogens is 2. The summed E-state index contributed by atoms with van der Waals surface area (Å²) in [6.07, 6.45) is 0. The molecule has 1 fully saturated rings. The lowest BCUT2D eigenvalue weighted by Gasteiger charge is -2.54. The Labute approximate surface area is 234 Å². The minimum atomic E-state index is -1.35. The molecule has 2 amide bonds. The van der Waals surface area contributed by atoms with Crippen molar-refractivity contribution in [2.45, 2.75) is 22.7 Å². The molecule has 0 unspecified atom stereocenters. The third-order valence-electron chi connectivity index (χ3n) is 8.09. The smallest absolute Gasteiger partial charge is 0.329 e. The molecule has 0 N–H and O–H groups in total. The van der Waals surface area contributed by atoms with Gasteiger partial charge in [-0.15, -0.1) is 23.2 Å². The van der Waals surface area contributed by atoms with Crippen molar-refractivity contribution in [2.24, 2.45) is 11.8 Å². The zero-order valence-corrected chi connectivity index (χ0v) is 22.5. The Bertz CT molecular complexity index is 1450. The molecule has 4 aliphatic rings. The first-order valence-electron chi connectivity index (χ1n) is 12.4. The van der Waals surface area contributed by atoms with Crippen LogP contribution in [0.4, 0.5) is 0 Å². The number of methoxy groups -OCH3 is 1. The second kappa shape index (κ2) is 8.93. The fourth-order valence-electron chi connectivity index (χ4n) is 6.31. The zero-order chi connectivity index (χ0) is 27.7. The van der Waals surface area contributed by atoms with E-state index in [1.54, 1.807) is 18.2 Å². The summed E-state index contributed by atoms with van der Waals surface area (Å²) in [5, 5.41) is 0. The lowest BCUT2D eigenvalue weighted by atomic mass is 9.54. The van der Waals surface area contributed by atoms with Gasteiger partial charge in [0.2, 0.25) is 11.8 Å². The van der Waals surface area contributed by atoms with Crippen LogP contribution < -0.4 is 4.74 Å². The van der Waals surface area contributed by atoms with Gasteiger partial charge in [0.25, 0.3) is 0 Å². The first-order valence-corrected chi connectivity index (χ1v) is 13.2. The molecule has 1 heterocycles. The van der Waals surface area contributed by atoms with E-state index in [0.717, 1.165) is 4.90 Å². The van der Waals surface area contributed by atoms with Crippen LogP contribution in [0.15, 0.2) is 72.8 Å². The number of ketones is 1. The normalized spacial score (nSPS) is 26.9. The van der Waals surface area contributed by atoms with E-state index >= 15 is 0 Å². The van der Waals surface area contributed by atoms with E-state index in [1.807, 2.05) is 48.5 Å². The summed E-state index contributed by atoms with van der Waals surface area (Å²) in [7, 11) is 1.48. The fraction of sp³-hybridized carbons (Fsp3) is 0.267. The average molecular weight is 564 g/mol. The van der Waals surface area contributed by atoms with Gasteiger partial charge in [0.15, 0.2) is 12.4 Å². The molecular weight excluding hydrogens is 541 g/mol. The monoisotopic (exact) mass is 563 g/mol. The highest BCUT2D eigenvalue weighted by Crippen LogP contribution is 2.69. The number of likely N-dealkylation sites (tertiary alicyclic amines) is 1. The van der Waals surface area contributed by atoms with Crippen molar-refractivity contribution in [3.8, 4) is 5.75 Å². The molecule has 2 bridgehead atoms. The third-order valence-corrected chi connectivity index (χ3v) is 9.37. The number of carbonyl (C=O) groups excluding carboxylic acids is 4. The van der Waals surface area contributed by atoms with E-state index < -0.39 is 57.8 Å². The Hall–Kier alpha value is -3.68. The Morgan fingerprint density at radius 1 is 0.846 bits per heavy atom. The molecule has 0 radical (unpaired) electrons. The number of nitrogens with zero attached hydrogens (tertiary/aromatic N) is 1. The number of benzene rings is 3. The minimum Gasteiger partial charge on any atom is -0.497 e. The summed E-state index contributed by atoms with van der Waals surface area (Å²) < 4.78 is 10.4. The van der Waals surface area contributed by atoms with Gasteiger partial charge in [-0.05, 0) is 41.3 Å². The molecule has 7 rings (SSSR count). The van der Waals surface area contributed by atoms with Gasteiger partial charge in [-0.25, -0.2) is 4.79 Å². The van der Waals surface area contributed by atoms with E-state index in [9.17, 15) is 19.2 Å². The number of Topliss-reactive ketones (excluding diaryl/α,β-unsaturated/α-hetero) is 1. The van der Waals surface area contributed by atoms with Crippen molar-refractivity contribution in [2.75, 3.05) is 13.7 Å². The van der Waals surface area contributed by atoms with Gasteiger partial charge >= 0.3 is 5.97 Å². The highest BCUT2D eigenvalue weighted by molar-refractivity contribution is 6.36. The number of amides is 2. The van der Waals surface area contributed by atoms with Gasteiger partial charge in [-0.1, -0.05) is 60.7 Å². The lowest BCUT2D eigenvalue weighted by molar-refractivity contribution is -0.157. The van der Waals surface area contributed by atoms with E-state index in [-0.39, 0.29) is 0 Å². The van der Waals surface area contributed by atoms with E-state index in [1.165, 1.54) is 20.1 Å². The first kappa shape index (κ1) is 25.6. The summed E-state index contributed by atoms with van der Waals surface area (Å²) in [5.74, 6) is -4.11. The maximum Gasteiger partial charge on any atom is 0.329 e. The highest BCUT2D eigenvalue weighted by Gasteiger charge is 2.73. The number of esters is 1. The molecule has 7 nitrogen and oxygen atoms in total. The maximum absolute atomic E-state index is 14.0. The second-order valence-corrected chi connectivity index (χ2v) is 11.1. The molecule has 1 saturated heterocycles. The SMILES string of the molecule is COc1cccc(C(=O)COC(=O)[C@H](C)N2C(=O)[C@@H]3[C@H](C2=O)C2(Cl)c4ccccc4C3(Cl)c3ccccc32)c1. The van der Waals surface area contributed by atoms with Crippen molar-refractivity contribution in [3.63, 3.8) is 0 Å². The quantitative estimate of drug-likeness (QED) is 0.191. The molecule has 9 heteroatoms. The number of hydrogen-bond donors (Lipinski definition) is 0. The standard InChI is InChI=1S/C30H23Cl2NO6/c1-16(28(37)39-15-23(34)17-8-7-9-18(14-17)38-2)33-26(35)24-25(27(33)36)30(32)20-11-4-3-10-19(20)29(24,31)21-12-5-6-13-22(21)30/h3-14,16,24-25H,15H2,1-2H3/t16-,24-,25+,29?,30?/m0/s1. The second-order valence-electron chi connectivity index (χ2n) is 9.96. The minimum absolute atomic E-state index is 0.300. The zero-order valence-electron chi connectivity index (χ0n) is 21.0. The van der Waals surface area contributed by atoms with Crippen molar-refractivity contribution in [1.82, 2.24) is 4.90 Å². The van der Waals surface area contributed by atoms with Crippen molar-refractivity contribution in [3.05, 3.63) is 101 Å². The fourth-order valence-corrected chi connectivity index (χ4v) is 7.41. The molecule has 3 aliphatic carbocycles. The molecule has 0 spiro atoms. The van der Waals surface area contributed by atoms with Crippen LogP contribution in [0.2, 0.25) is 0 Å². The lowest BCUT2D eigenvalue weighted by Crippen LogP contribution is -2.57. The largest absolute Gasteiger partial charge is 0.497 e. The summed E-state index contributed by atoms with van der Waals surface area (Å²) in [5.41, 5.74) is 2.98. The highest BCUT2D eigenvalue weighted by atomic mass is 35.5. The number of ether oxygens (including phenoxy) is 2. The Kier molecular flexibility index (Phi) is 5.86. The van der Waals surface area contributed by atoms with Crippen LogP contribution in [0.25, 0.3) is 0 Å². The van der Waals surface area contributed by atoms with Crippen LogP contribution in [0, 0.1) is 11.8 Å². The van der Waals surface area contributed by atoms with Crippen LogP contribution in [-0.4, -0.2) is 48.2 Å². The topological polar surface area (TPSA) is 90.0 Å². The Balaban J connectivity index is 1.31. The number of hydrogen-bond acceptors (Lipinski definition) is 6. The Morgan fingerprint density at radius 2 is 1.33 bits per heavy atom. The first-order chi connectivity index (χ1) is 18.6. The Morgan fingerprint density at radius 3 is 1.79 bits per heavy atom. The van der Waals surface area contributed by atoms with Gasteiger partial charge < -0.3 is 9.47 Å². The van der Waals surface area contributed by atoms with Gasteiger partial charge in [0.05, 0.1) is 18.9 Å². The predicted molar refractivity (Wildman–Crippen MR) is 143 cm³/mol. The van der Waals surface area contributed by atoms with E-state index in [0.29, 0.717) is 33.6 Å². The molecule has 1 aliphatic heterocycles. The summed E-state index contributed by atoms with van der Waals surface area (Å²) >= 11 is 14.8. The predicted octanol–water partition coefficient (Wildman–Crippen LogP) is 4.40. The van der Waals surface area contributed by atoms with Crippen LogP contribution in [0.5, 0.6) is 5.75 Å². The van der Waals surface area contributed by atoms with E-state index in [4.69, 9.17) is 32.7 Å². The summed E-state index contributed by atoms with van der Waals surface area (Å²) in [6, 6.07) is 19.7. The summed E-state index contributed by atoms with van der Waals surface area (Å²) in [4.78, 5) is 51.8. The molecule has 3 atom stereocenters. The average Bonchev–Trinajstić information content (AvgIpc) is 3.24. The van der Waals surface area contributed by atoms with Gasteiger partial charge in [-0.3, -0.25) is 19.3 Å². The van der Waals surface area contributed by atoms with Gasteiger partial charge in [0, 0.05) is 5.56 Å². The third kappa shape index (κ3) is 3.36. The molecule has 198 valence electrons. The van der Waals surface area contributed by atoms with Crippen LogP contribution in [-0.2, 0) is 28.9 Å². The van der Waals surface area contributed by atoms with E-state index in [2.05, 4.69) is 0 Å². The molecular formula is C30H23Cl2NO6. The number of carbonyl (C=O) groups is 4. The van der Waals surface area contributed by atoms with Gasteiger partial charge in [-0.2, -0.15) is 0 Å². The molecule has 3 aromatic rings. The van der Waals surface area contributed by atoms with Crippen molar-refractivity contribution in [1.29, 1.82) is 0 Å². The molecule has 3 aromatic carbocycles. The van der Waals surface area contributed by atoms with Gasteiger partial charge in [0.1, 0.15) is 21.5 Å². The van der Waals surface area contributed by atoms with Crippen LogP contribution >= 0.6 is 23.2 Å². The van der Waals surface area contributed by atoms with Crippen LogP contribution in [0.1, 0.15) is 39.5 Å². The number of rotatable bonds is 6. The number of alkyl halides is 2. The van der Waals surface area contributed by atoms with Crippen molar-refractivity contribution < 1.29 is 28.7 Å². The van der Waals surface area contributed by atoms with Crippen LogP contribution in [0.3, 0.4) is 0 Å². The van der Waals surface area contributed by atoms with Crippen molar-refractivity contribution >= 4 is 46.8 Å². The summed E-state index contributed by atoms with van der Waals surface area (Å²) in [6.45, 7) is 0.838. The number of imide groups is 1. The molecule has 39 heavy (non-hydrogen) atoms.